The predicted octanol–water partition coefficient (Wildman–Crippen LogP) is 1.24. The average Bonchev–Trinajstić information content (AvgIpc) is 2.71. The monoisotopic (exact) mass is 378 g/mol. The Bertz CT molecular complexity index is 531. The Hall–Kier alpha value is -1.67. The highest BCUT2D eigenvalue weighted by molar-refractivity contribution is 5.79. The van der Waals surface area contributed by atoms with E-state index < -0.39 is 0 Å². The first-order valence-electron chi connectivity index (χ1n) is 9.71. The average molecular weight is 379 g/mol. The molecule has 7 heteroatoms. The molecule has 0 saturated carbocycles. The second-order valence-corrected chi connectivity index (χ2v) is 6.52. The number of nitrogens with one attached hydrogen (secondary N) is 2. The summed E-state index contributed by atoms with van der Waals surface area (Å²) in [6.45, 7) is 8.29. The summed E-state index contributed by atoms with van der Waals surface area (Å²) in [5, 5.41) is 6.65. The molecule has 0 radical (unpaired) electrons. The Morgan fingerprint density at radius 2 is 1.81 bits per heavy atom. The first-order valence-corrected chi connectivity index (χ1v) is 9.71. The van der Waals surface area contributed by atoms with Gasteiger partial charge in [-0.3, -0.25) is 9.89 Å². The lowest BCUT2D eigenvalue weighted by Crippen LogP contribution is -2.37. The fraction of sp³-hybridized carbons (Fsp3) is 0.650. The van der Waals surface area contributed by atoms with E-state index in [1.807, 2.05) is 0 Å². The SMILES string of the molecule is CN=C(NCCCOCCOC)NCc1ccc(CN2CCOCC2)cc1. The van der Waals surface area contributed by atoms with Gasteiger partial charge in [0, 0.05) is 53.5 Å². The van der Waals surface area contributed by atoms with E-state index in [0.29, 0.717) is 13.2 Å². The van der Waals surface area contributed by atoms with Crippen molar-refractivity contribution in [2.24, 2.45) is 4.99 Å². The summed E-state index contributed by atoms with van der Waals surface area (Å²) in [5.74, 6) is 0.810. The van der Waals surface area contributed by atoms with Crippen LogP contribution in [0.1, 0.15) is 17.5 Å². The highest BCUT2D eigenvalue weighted by atomic mass is 16.5. The zero-order valence-electron chi connectivity index (χ0n) is 16.7. The molecule has 1 aromatic rings. The van der Waals surface area contributed by atoms with Gasteiger partial charge in [-0.15, -0.1) is 0 Å². The molecule has 2 N–H and O–H groups in total. The third kappa shape index (κ3) is 9.19. The molecule has 0 unspecified atom stereocenters. The third-order valence-corrected chi connectivity index (χ3v) is 4.41. The van der Waals surface area contributed by atoms with E-state index in [4.69, 9.17) is 14.2 Å². The predicted molar refractivity (Wildman–Crippen MR) is 108 cm³/mol. The van der Waals surface area contributed by atoms with Gasteiger partial charge in [0.25, 0.3) is 0 Å². The Balaban J connectivity index is 1.62. The summed E-state index contributed by atoms with van der Waals surface area (Å²) < 4.78 is 15.8. The second-order valence-electron chi connectivity index (χ2n) is 6.52. The van der Waals surface area contributed by atoms with Crippen molar-refractivity contribution in [2.45, 2.75) is 19.5 Å². The number of aliphatic imine (C=N–C) groups is 1. The Kier molecular flexibility index (Phi) is 10.8. The summed E-state index contributed by atoms with van der Waals surface area (Å²) in [6.07, 6.45) is 0.931. The largest absolute Gasteiger partial charge is 0.382 e. The van der Waals surface area contributed by atoms with Gasteiger partial charge in [-0.1, -0.05) is 24.3 Å². The molecule has 1 aliphatic rings. The summed E-state index contributed by atoms with van der Waals surface area (Å²) in [6, 6.07) is 8.78. The molecule has 0 aliphatic carbocycles. The maximum atomic E-state index is 5.45. The van der Waals surface area contributed by atoms with Gasteiger partial charge in [0.05, 0.1) is 26.4 Å². The number of nitrogens with zero attached hydrogens (tertiary/aromatic N) is 2. The number of hydrogen-bond acceptors (Lipinski definition) is 5. The molecular formula is C20H34N4O3. The third-order valence-electron chi connectivity index (χ3n) is 4.41. The smallest absolute Gasteiger partial charge is 0.191 e. The number of guanidine groups is 1. The van der Waals surface area contributed by atoms with Crippen LogP contribution in [0, 0.1) is 0 Å². The minimum Gasteiger partial charge on any atom is -0.382 e. The van der Waals surface area contributed by atoms with E-state index in [1.165, 1.54) is 11.1 Å². The van der Waals surface area contributed by atoms with Crippen LogP contribution in [0.4, 0.5) is 0 Å². The number of rotatable bonds is 11. The summed E-state index contributed by atoms with van der Waals surface area (Å²) in [4.78, 5) is 6.69. The van der Waals surface area contributed by atoms with E-state index in [-0.39, 0.29) is 0 Å². The molecule has 1 heterocycles. The highest BCUT2D eigenvalue weighted by Gasteiger charge is 2.10. The molecule has 1 fully saturated rings. The van der Waals surface area contributed by atoms with Crippen molar-refractivity contribution in [3.05, 3.63) is 35.4 Å². The lowest BCUT2D eigenvalue weighted by atomic mass is 10.1. The highest BCUT2D eigenvalue weighted by Crippen LogP contribution is 2.09. The summed E-state index contributed by atoms with van der Waals surface area (Å²) in [5.41, 5.74) is 2.59. The van der Waals surface area contributed by atoms with Crippen LogP contribution >= 0.6 is 0 Å². The normalized spacial score (nSPS) is 15.7. The molecule has 1 aliphatic heterocycles. The Morgan fingerprint density at radius 3 is 2.52 bits per heavy atom. The van der Waals surface area contributed by atoms with Crippen molar-refractivity contribution in [3.8, 4) is 0 Å². The molecule has 0 atom stereocenters. The van der Waals surface area contributed by atoms with Crippen molar-refractivity contribution in [1.29, 1.82) is 0 Å². The van der Waals surface area contributed by atoms with Crippen molar-refractivity contribution in [3.63, 3.8) is 0 Å². The lowest BCUT2D eigenvalue weighted by molar-refractivity contribution is 0.0342. The van der Waals surface area contributed by atoms with Crippen LogP contribution in [-0.2, 0) is 27.3 Å². The van der Waals surface area contributed by atoms with Gasteiger partial charge in [0.2, 0.25) is 0 Å². The van der Waals surface area contributed by atoms with E-state index in [1.54, 1.807) is 14.2 Å². The molecule has 0 amide bonds. The van der Waals surface area contributed by atoms with Gasteiger partial charge in [-0.25, -0.2) is 0 Å². The maximum Gasteiger partial charge on any atom is 0.191 e. The van der Waals surface area contributed by atoms with Crippen molar-refractivity contribution in [1.82, 2.24) is 15.5 Å². The molecule has 1 saturated heterocycles. The Labute approximate surface area is 163 Å². The van der Waals surface area contributed by atoms with Crippen LogP contribution in [0.25, 0.3) is 0 Å². The summed E-state index contributed by atoms with van der Waals surface area (Å²) >= 11 is 0. The van der Waals surface area contributed by atoms with E-state index in [2.05, 4.69) is 44.8 Å². The number of morpholine rings is 1. The number of hydrogen-bond donors (Lipinski definition) is 2. The number of ether oxygens (including phenoxy) is 3. The zero-order chi connectivity index (χ0) is 19.2. The van der Waals surface area contributed by atoms with Crippen LogP contribution in [0.5, 0.6) is 0 Å². The standard InChI is InChI=1S/C20H34N4O3/c1-21-20(22-8-3-11-26-15-14-25-2)23-16-18-4-6-19(7-5-18)17-24-9-12-27-13-10-24/h4-7H,3,8-17H2,1-2H3,(H2,21,22,23). The van der Waals surface area contributed by atoms with Crippen LogP contribution in [0.15, 0.2) is 29.3 Å². The fourth-order valence-electron chi connectivity index (χ4n) is 2.81. The first-order chi connectivity index (χ1) is 13.3. The Morgan fingerprint density at radius 1 is 1.07 bits per heavy atom. The number of benzene rings is 1. The van der Waals surface area contributed by atoms with Crippen molar-refractivity contribution >= 4 is 5.96 Å². The molecule has 0 aromatic heterocycles. The minimum atomic E-state index is 0.641. The first kappa shape index (κ1) is 21.6. The van der Waals surface area contributed by atoms with Crippen LogP contribution in [0.2, 0.25) is 0 Å². The molecule has 2 rings (SSSR count). The molecule has 152 valence electrons. The topological polar surface area (TPSA) is 67.4 Å². The lowest BCUT2D eigenvalue weighted by Gasteiger charge is -2.26. The molecule has 27 heavy (non-hydrogen) atoms. The minimum absolute atomic E-state index is 0.641. The van der Waals surface area contributed by atoms with Gasteiger partial charge >= 0.3 is 0 Å². The zero-order valence-corrected chi connectivity index (χ0v) is 16.7. The fourth-order valence-corrected chi connectivity index (χ4v) is 2.81. The molecular weight excluding hydrogens is 344 g/mol. The van der Waals surface area contributed by atoms with Gasteiger partial charge in [0.15, 0.2) is 5.96 Å². The van der Waals surface area contributed by atoms with E-state index in [0.717, 1.165) is 64.9 Å². The van der Waals surface area contributed by atoms with Gasteiger partial charge in [-0.05, 0) is 17.5 Å². The maximum absolute atomic E-state index is 5.45. The van der Waals surface area contributed by atoms with Crippen LogP contribution in [-0.4, -0.2) is 77.7 Å². The molecule has 1 aromatic carbocycles. The van der Waals surface area contributed by atoms with Gasteiger partial charge in [-0.2, -0.15) is 0 Å². The van der Waals surface area contributed by atoms with Crippen molar-refractivity contribution < 1.29 is 14.2 Å². The second kappa shape index (κ2) is 13.5. The number of methoxy groups -OCH3 is 1. The molecule has 0 bridgehead atoms. The molecule has 7 nitrogen and oxygen atoms in total. The molecule has 0 spiro atoms. The van der Waals surface area contributed by atoms with Crippen LogP contribution < -0.4 is 10.6 Å². The quantitative estimate of drug-likeness (QED) is 0.343. The van der Waals surface area contributed by atoms with E-state index >= 15 is 0 Å². The van der Waals surface area contributed by atoms with E-state index in [9.17, 15) is 0 Å². The summed E-state index contributed by atoms with van der Waals surface area (Å²) in [7, 11) is 3.47. The van der Waals surface area contributed by atoms with Crippen molar-refractivity contribution in [2.75, 3.05) is 66.8 Å². The van der Waals surface area contributed by atoms with Gasteiger partial charge in [0.1, 0.15) is 0 Å². The van der Waals surface area contributed by atoms with Gasteiger partial charge < -0.3 is 24.8 Å². The van der Waals surface area contributed by atoms with Crippen LogP contribution in [0.3, 0.4) is 0 Å².